The first kappa shape index (κ1) is 30.6. The minimum absolute atomic E-state index is 0.855. The van der Waals surface area contributed by atoms with Crippen LogP contribution in [0.1, 0.15) is 6.92 Å². The van der Waals surface area contributed by atoms with Crippen molar-refractivity contribution in [1.29, 1.82) is 0 Å². The number of imidazole rings is 1. The summed E-state index contributed by atoms with van der Waals surface area (Å²) in [4.78, 5) is 10.4. The molecule has 0 aliphatic carbocycles. The second kappa shape index (κ2) is 12.0. The molecular weight excluding hydrogens is 657 g/mol. The van der Waals surface area contributed by atoms with E-state index >= 15 is 0 Å². The third kappa shape index (κ3) is 4.63. The van der Waals surface area contributed by atoms with E-state index in [2.05, 4.69) is 192 Å². The number of pyridine rings is 1. The molecule has 11 aromatic rings. The molecule has 0 atom stereocenters. The predicted octanol–water partition coefficient (Wildman–Crippen LogP) is 13.0. The molecule has 0 aliphatic rings. The van der Waals surface area contributed by atoms with E-state index in [9.17, 15) is 0 Å². The van der Waals surface area contributed by atoms with E-state index in [1.54, 1.807) is 0 Å². The van der Waals surface area contributed by atoms with E-state index in [-0.39, 0.29) is 0 Å². The van der Waals surface area contributed by atoms with Crippen molar-refractivity contribution in [2.45, 2.75) is 13.5 Å². The van der Waals surface area contributed by atoms with Gasteiger partial charge in [0.1, 0.15) is 5.82 Å². The van der Waals surface area contributed by atoms with Gasteiger partial charge in [-0.25, -0.2) is 9.97 Å². The topological polar surface area (TPSA) is 35.6 Å². The summed E-state index contributed by atoms with van der Waals surface area (Å²) in [5.74, 6) is 0.988. The fourth-order valence-corrected chi connectivity index (χ4v) is 8.59. The van der Waals surface area contributed by atoms with Gasteiger partial charge >= 0.3 is 0 Å². The highest BCUT2D eigenvalue weighted by Crippen LogP contribution is 2.40. The van der Waals surface area contributed by atoms with E-state index in [1.807, 2.05) is 0 Å². The molecule has 0 aliphatic heterocycles. The molecule has 254 valence electrons. The van der Waals surface area contributed by atoms with E-state index in [0.29, 0.717) is 0 Å². The lowest BCUT2D eigenvalue weighted by molar-refractivity contribution is 0.796. The van der Waals surface area contributed by atoms with Crippen LogP contribution in [0.5, 0.6) is 0 Å². The first-order valence-corrected chi connectivity index (χ1v) is 18.6. The fourth-order valence-electron chi connectivity index (χ4n) is 8.59. The largest absolute Gasteiger partial charge is 0.324 e. The van der Waals surface area contributed by atoms with Crippen LogP contribution in [0.4, 0.5) is 0 Å². The van der Waals surface area contributed by atoms with Crippen LogP contribution in [-0.4, -0.2) is 19.1 Å². The maximum absolute atomic E-state index is 5.39. The van der Waals surface area contributed by atoms with Crippen LogP contribution in [0, 0.1) is 0 Å². The molecule has 0 unspecified atom stereocenters. The molecule has 0 saturated heterocycles. The summed E-state index contributed by atoms with van der Waals surface area (Å²) in [6, 6.07) is 63.4. The number of aromatic nitrogens is 4. The van der Waals surface area contributed by atoms with Gasteiger partial charge in [0.2, 0.25) is 0 Å². The van der Waals surface area contributed by atoms with E-state index < -0.39 is 0 Å². The molecule has 0 fully saturated rings. The van der Waals surface area contributed by atoms with Crippen molar-refractivity contribution in [2.75, 3.05) is 0 Å². The molecule has 11 rings (SSSR count). The van der Waals surface area contributed by atoms with Gasteiger partial charge in [0.15, 0.2) is 0 Å². The SMILES string of the molecule is CCn1c(-c2ccc(-c3nc4ccc(-c5cccc(-n6c7ccccc7c7ccccc76)c5)cc4c4c3ccc3ccccc34)cc2)nc2ccccc21. The Hall–Kier alpha value is -7.04. The lowest BCUT2D eigenvalue weighted by atomic mass is 9.93. The van der Waals surface area contributed by atoms with Crippen molar-refractivity contribution < 1.29 is 0 Å². The Labute approximate surface area is 312 Å². The van der Waals surface area contributed by atoms with Crippen LogP contribution in [0.15, 0.2) is 176 Å². The fraction of sp³-hybridized carbons (Fsp3) is 0.0400. The van der Waals surface area contributed by atoms with E-state index in [1.165, 1.54) is 43.5 Å². The summed E-state index contributed by atoms with van der Waals surface area (Å²) in [7, 11) is 0. The summed E-state index contributed by atoms with van der Waals surface area (Å²) < 4.78 is 4.67. The number of rotatable bonds is 5. The van der Waals surface area contributed by atoms with E-state index in [0.717, 1.165) is 67.8 Å². The van der Waals surface area contributed by atoms with Crippen molar-refractivity contribution in [3.05, 3.63) is 176 Å². The molecule has 0 saturated carbocycles. The average molecular weight is 691 g/mol. The Morgan fingerprint density at radius 1 is 0.426 bits per heavy atom. The maximum atomic E-state index is 5.39. The molecule has 0 spiro atoms. The van der Waals surface area contributed by atoms with Crippen LogP contribution >= 0.6 is 0 Å². The van der Waals surface area contributed by atoms with Crippen molar-refractivity contribution in [1.82, 2.24) is 19.1 Å². The third-order valence-electron chi connectivity index (χ3n) is 11.1. The Balaban J connectivity index is 1.07. The van der Waals surface area contributed by atoms with Crippen LogP contribution in [0.25, 0.3) is 105 Å². The normalized spacial score (nSPS) is 11.9. The van der Waals surface area contributed by atoms with Crippen molar-refractivity contribution in [3.63, 3.8) is 0 Å². The van der Waals surface area contributed by atoms with Crippen LogP contribution in [0.3, 0.4) is 0 Å². The average Bonchev–Trinajstić information content (AvgIpc) is 3.79. The molecule has 3 aromatic heterocycles. The van der Waals surface area contributed by atoms with Gasteiger partial charge in [-0.2, -0.15) is 0 Å². The predicted molar refractivity (Wildman–Crippen MR) is 226 cm³/mol. The van der Waals surface area contributed by atoms with Gasteiger partial charge in [0.05, 0.1) is 33.3 Å². The smallest absolute Gasteiger partial charge is 0.141 e. The van der Waals surface area contributed by atoms with Gasteiger partial charge in [-0.15, -0.1) is 0 Å². The zero-order chi connectivity index (χ0) is 35.8. The van der Waals surface area contributed by atoms with Gasteiger partial charge in [-0.1, -0.05) is 127 Å². The lowest BCUT2D eigenvalue weighted by Gasteiger charge is -2.15. The molecule has 0 radical (unpaired) electrons. The summed E-state index contributed by atoms with van der Waals surface area (Å²) >= 11 is 0. The number of nitrogens with zero attached hydrogens (tertiary/aromatic N) is 4. The zero-order valence-electron chi connectivity index (χ0n) is 29.7. The molecule has 0 N–H and O–H groups in total. The highest BCUT2D eigenvalue weighted by Gasteiger charge is 2.17. The number of aryl methyl sites for hydroxylation is 1. The van der Waals surface area contributed by atoms with Crippen LogP contribution in [0.2, 0.25) is 0 Å². The Kier molecular flexibility index (Phi) is 6.80. The maximum Gasteiger partial charge on any atom is 0.141 e. The molecule has 0 bridgehead atoms. The molecule has 54 heavy (non-hydrogen) atoms. The van der Waals surface area contributed by atoms with Gasteiger partial charge in [0.25, 0.3) is 0 Å². The van der Waals surface area contributed by atoms with Crippen molar-refractivity contribution >= 4 is 65.3 Å². The summed E-state index contributed by atoms with van der Waals surface area (Å²) in [6.45, 7) is 3.03. The quantitative estimate of drug-likeness (QED) is 0.169. The highest BCUT2D eigenvalue weighted by atomic mass is 15.1. The summed E-state index contributed by atoms with van der Waals surface area (Å²) in [6.07, 6.45) is 0. The van der Waals surface area contributed by atoms with Gasteiger partial charge in [0, 0.05) is 50.3 Å². The zero-order valence-corrected chi connectivity index (χ0v) is 29.7. The monoisotopic (exact) mass is 690 g/mol. The highest BCUT2D eigenvalue weighted by molar-refractivity contribution is 6.23. The molecule has 4 nitrogen and oxygen atoms in total. The number of fused-ring (bicyclic) bond motifs is 9. The summed E-state index contributed by atoms with van der Waals surface area (Å²) in [5, 5.41) is 8.50. The second-order valence-corrected chi connectivity index (χ2v) is 14.1. The third-order valence-corrected chi connectivity index (χ3v) is 11.1. The van der Waals surface area contributed by atoms with E-state index in [4.69, 9.17) is 9.97 Å². The lowest BCUT2D eigenvalue weighted by Crippen LogP contribution is -1.97. The molecule has 4 heteroatoms. The molecule has 8 aromatic carbocycles. The van der Waals surface area contributed by atoms with Crippen LogP contribution in [-0.2, 0) is 6.54 Å². The first-order valence-electron chi connectivity index (χ1n) is 18.6. The number of hydrogen-bond donors (Lipinski definition) is 0. The summed E-state index contributed by atoms with van der Waals surface area (Å²) in [5.41, 5.74) is 12.2. The molecular formula is C50H34N4. The van der Waals surface area contributed by atoms with Gasteiger partial charge < -0.3 is 9.13 Å². The number of para-hydroxylation sites is 4. The molecule has 3 heterocycles. The molecule has 0 amide bonds. The number of hydrogen-bond acceptors (Lipinski definition) is 2. The second-order valence-electron chi connectivity index (χ2n) is 14.1. The minimum atomic E-state index is 0.855. The Bertz CT molecular complexity index is 3200. The van der Waals surface area contributed by atoms with Crippen LogP contribution < -0.4 is 0 Å². The van der Waals surface area contributed by atoms with Crippen molar-refractivity contribution in [2.24, 2.45) is 0 Å². The van der Waals surface area contributed by atoms with Crippen molar-refractivity contribution in [3.8, 4) is 39.5 Å². The Morgan fingerprint density at radius 3 is 1.85 bits per heavy atom. The Morgan fingerprint density at radius 2 is 1.07 bits per heavy atom. The standard InChI is InChI=1S/C50H34N4/c1-2-53-47-21-10-7-18-44(47)52-50(53)34-24-22-33(23-25-34)49-41-28-26-32-12-3-4-15-38(32)48(41)42-31-36(27-29-43(42)51-49)35-13-11-14-37(30-35)54-45-19-8-5-16-39(45)40-17-6-9-20-46(40)54/h3-31H,2H2,1H3. The minimum Gasteiger partial charge on any atom is -0.324 e. The first-order chi connectivity index (χ1) is 26.7. The van der Waals surface area contributed by atoms with Gasteiger partial charge in [-0.3, -0.25) is 0 Å². The van der Waals surface area contributed by atoms with Gasteiger partial charge in [-0.05, 0) is 77.4 Å². The number of benzene rings is 8.